The molecular formula is C28H36N4O3S. The highest BCUT2D eigenvalue weighted by atomic mass is 32.2. The molecule has 0 bridgehead atoms. The van der Waals surface area contributed by atoms with Crippen LogP contribution < -0.4 is 10.0 Å². The van der Waals surface area contributed by atoms with E-state index < -0.39 is 6.04 Å². The van der Waals surface area contributed by atoms with Crippen molar-refractivity contribution in [1.82, 2.24) is 15.4 Å². The summed E-state index contributed by atoms with van der Waals surface area (Å²) >= 11 is 1.49. The summed E-state index contributed by atoms with van der Waals surface area (Å²) in [6, 6.07) is 15.8. The predicted molar refractivity (Wildman–Crippen MR) is 145 cm³/mol. The highest BCUT2D eigenvalue weighted by Gasteiger charge is 2.31. The lowest BCUT2D eigenvalue weighted by molar-refractivity contribution is -0.142. The number of carbonyl (C=O) groups excluding carboxylic acids is 2. The maximum atomic E-state index is 13.0. The van der Waals surface area contributed by atoms with Crippen LogP contribution in [0.25, 0.3) is 11.1 Å². The Bertz CT molecular complexity index is 1170. The second-order valence-corrected chi connectivity index (χ2v) is 10.0. The van der Waals surface area contributed by atoms with E-state index in [4.69, 9.17) is 4.52 Å². The van der Waals surface area contributed by atoms with Crippen molar-refractivity contribution >= 4 is 29.6 Å². The van der Waals surface area contributed by atoms with Gasteiger partial charge in [0.15, 0.2) is 5.82 Å². The summed E-state index contributed by atoms with van der Waals surface area (Å²) in [6.07, 6.45) is 1.16. The van der Waals surface area contributed by atoms with Crippen LogP contribution in [-0.2, 0) is 16.1 Å². The molecule has 1 aromatic heterocycles. The minimum Gasteiger partial charge on any atom is -0.359 e. The first-order chi connectivity index (χ1) is 17.3. The van der Waals surface area contributed by atoms with E-state index in [0.29, 0.717) is 13.0 Å². The van der Waals surface area contributed by atoms with E-state index in [1.54, 1.807) is 11.9 Å². The van der Waals surface area contributed by atoms with Crippen molar-refractivity contribution in [3.63, 3.8) is 0 Å². The summed E-state index contributed by atoms with van der Waals surface area (Å²) in [6.45, 7) is 10.2. The van der Waals surface area contributed by atoms with E-state index in [2.05, 4.69) is 39.5 Å². The molecule has 3 rings (SSSR count). The molecule has 3 aromatic rings. The van der Waals surface area contributed by atoms with Crippen LogP contribution in [0.5, 0.6) is 0 Å². The van der Waals surface area contributed by atoms with Crippen molar-refractivity contribution in [2.45, 2.75) is 64.9 Å². The van der Waals surface area contributed by atoms with E-state index in [0.717, 1.165) is 45.1 Å². The Hall–Kier alpha value is -3.26. The Morgan fingerprint density at radius 3 is 2.36 bits per heavy atom. The lowest BCUT2D eigenvalue weighted by atomic mass is 9.99. The maximum Gasteiger partial charge on any atom is 0.242 e. The van der Waals surface area contributed by atoms with E-state index >= 15 is 0 Å². The van der Waals surface area contributed by atoms with Crippen LogP contribution in [0.1, 0.15) is 50.5 Å². The highest BCUT2D eigenvalue weighted by molar-refractivity contribution is 8.00. The molecule has 2 aromatic carbocycles. The lowest BCUT2D eigenvalue weighted by Gasteiger charge is -2.33. The summed E-state index contributed by atoms with van der Waals surface area (Å²) in [5.41, 5.74) is 4.12. The van der Waals surface area contributed by atoms with Crippen molar-refractivity contribution < 1.29 is 14.1 Å². The predicted octanol–water partition coefficient (Wildman–Crippen LogP) is 5.98. The number of rotatable bonds is 11. The number of hydrogen-bond donors (Lipinski definition) is 2. The SMILES string of the molecule is CCCC(=O)N(Cc1ccc(-c2ccccc2SNc2noc(C)c2C)cc1)[C@H](C(=O)NC)C(C)C. The van der Waals surface area contributed by atoms with Gasteiger partial charge in [0, 0.05) is 30.5 Å². The number of nitrogens with zero attached hydrogens (tertiary/aromatic N) is 2. The van der Waals surface area contributed by atoms with Gasteiger partial charge in [0.25, 0.3) is 0 Å². The molecule has 2 amide bonds. The molecule has 0 aliphatic heterocycles. The Balaban J connectivity index is 1.82. The average molecular weight is 509 g/mol. The van der Waals surface area contributed by atoms with Crippen LogP contribution in [-0.4, -0.2) is 35.0 Å². The largest absolute Gasteiger partial charge is 0.359 e. The molecule has 0 aliphatic rings. The molecule has 8 heteroatoms. The molecular weight excluding hydrogens is 472 g/mol. The zero-order valence-electron chi connectivity index (χ0n) is 21.9. The van der Waals surface area contributed by atoms with Gasteiger partial charge in [-0.15, -0.1) is 0 Å². The van der Waals surface area contributed by atoms with Gasteiger partial charge in [-0.25, -0.2) is 0 Å². The van der Waals surface area contributed by atoms with Gasteiger partial charge < -0.3 is 19.5 Å². The molecule has 36 heavy (non-hydrogen) atoms. The fourth-order valence-corrected chi connectivity index (χ4v) is 4.89. The quantitative estimate of drug-likeness (QED) is 0.310. The number of aromatic nitrogens is 1. The van der Waals surface area contributed by atoms with Crippen LogP contribution in [0, 0.1) is 19.8 Å². The van der Waals surface area contributed by atoms with E-state index in [9.17, 15) is 9.59 Å². The molecule has 2 N–H and O–H groups in total. The average Bonchev–Trinajstić information content (AvgIpc) is 3.19. The normalized spacial score (nSPS) is 11.9. The Morgan fingerprint density at radius 2 is 1.78 bits per heavy atom. The number of likely N-dealkylation sites (N-methyl/N-ethyl adjacent to an activating group) is 1. The Labute approximate surface area is 218 Å². The summed E-state index contributed by atoms with van der Waals surface area (Å²) in [5.74, 6) is 1.37. The van der Waals surface area contributed by atoms with Crippen molar-refractivity contribution in [3.8, 4) is 11.1 Å². The van der Waals surface area contributed by atoms with Crippen LogP contribution in [0.15, 0.2) is 57.9 Å². The van der Waals surface area contributed by atoms with E-state index in [-0.39, 0.29) is 17.7 Å². The second-order valence-electron chi connectivity index (χ2n) is 9.18. The third-order valence-corrected chi connectivity index (χ3v) is 7.06. The lowest BCUT2D eigenvalue weighted by Crippen LogP contribution is -2.51. The molecule has 192 valence electrons. The number of amides is 2. The standard InChI is InChI=1S/C28H36N4O3S/c1-7-10-25(33)32(26(18(2)3)28(34)29-6)17-21-13-15-22(16-14-21)23-11-8-9-12-24(23)36-31-27-19(4)20(5)35-30-27/h8-9,11-16,18,26H,7,10,17H2,1-6H3,(H,29,34)(H,30,31)/t26-/m0/s1. The topological polar surface area (TPSA) is 87.5 Å². The maximum absolute atomic E-state index is 13.0. The van der Waals surface area contributed by atoms with Gasteiger partial charge in [0.05, 0.1) is 0 Å². The van der Waals surface area contributed by atoms with Crippen LogP contribution >= 0.6 is 11.9 Å². The number of carbonyl (C=O) groups is 2. The number of nitrogens with one attached hydrogen (secondary N) is 2. The summed E-state index contributed by atoms with van der Waals surface area (Å²) < 4.78 is 8.54. The van der Waals surface area contributed by atoms with Crippen LogP contribution in [0.2, 0.25) is 0 Å². The van der Waals surface area contributed by atoms with E-state index in [1.807, 2.05) is 58.9 Å². The number of hydrogen-bond acceptors (Lipinski definition) is 6. The van der Waals surface area contributed by atoms with Crippen molar-refractivity contribution in [3.05, 3.63) is 65.4 Å². The number of benzene rings is 2. The van der Waals surface area contributed by atoms with Crippen molar-refractivity contribution in [2.24, 2.45) is 5.92 Å². The smallest absolute Gasteiger partial charge is 0.242 e. The van der Waals surface area contributed by atoms with Gasteiger partial charge in [-0.3, -0.25) is 9.59 Å². The fourth-order valence-electron chi connectivity index (χ4n) is 4.05. The third-order valence-electron chi connectivity index (χ3n) is 6.19. The van der Waals surface area contributed by atoms with Gasteiger partial charge in [0.2, 0.25) is 11.8 Å². The third kappa shape index (κ3) is 6.49. The van der Waals surface area contributed by atoms with Gasteiger partial charge in [-0.1, -0.05) is 68.4 Å². The van der Waals surface area contributed by atoms with Gasteiger partial charge in [-0.05, 0) is 60.9 Å². The van der Waals surface area contributed by atoms with Gasteiger partial charge >= 0.3 is 0 Å². The molecule has 0 saturated carbocycles. The zero-order valence-corrected chi connectivity index (χ0v) is 22.7. The molecule has 0 aliphatic carbocycles. The van der Waals surface area contributed by atoms with Crippen molar-refractivity contribution in [2.75, 3.05) is 11.8 Å². The molecule has 1 atom stereocenters. The molecule has 0 spiro atoms. The summed E-state index contributed by atoms with van der Waals surface area (Å²) in [4.78, 5) is 28.4. The summed E-state index contributed by atoms with van der Waals surface area (Å²) in [7, 11) is 1.62. The zero-order chi connectivity index (χ0) is 26.2. The number of aryl methyl sites for hydroxylation is 1. The first-order valence-electron chi connectivity index (χ1n) is 12.3. The monoisotopic (exact) mass is 508 g/mol. The second kappa shape index (κ2) is 12.6. The minimum absolute atomic E-state index is 0.00132. The molecule has 0 saturated heterocycles. The Kier molecular flexibility index (Phi) is 9.58. The molecule has 0 unspecified atom stereocenters. The number of anilines is 1. The van der Waals surface area contributed by atoms with E-state index in [1.165, 1.54) is 11.9 Å². The molecule has 7 nitrogen and oxygen atoms in total. The highest BCUT2D eigenvalue weighted by Crippen LogP contribution is 2.33. The van der Waals surface area contributed by atoms with Gasteiger partial charge in [-0.2, -0.15) is 0 Å². The van der Waals surface area contributed by atoms with Crippen LogP contribution in [0.4, 0.5) is 5.82 Å². The van der Waals surface area contributed by atoms with Crippen LogP contribution in [0.3, 0.4) is 0 Å². The van der Waals surface area contributed by atoms with Gasteiger partial charge in [0.1, 0.15) is 11.8 Å². The molecule has 1 heterocycles. The first kappa shape index (κ1) is 27.3. The minimum atomic E-state index is -0.513. The Morgan fingerprint density at radius 1 is 1.08 bits per heavy atom. The first-order valence-corrected chi connectivity index (χ1v) is 13.1. The van der Waals surface area contributed by atoms with Crippen molar-refractivity contribution in [1.29, 1.82) is 0 Å². The molecule has 0 fully saturated rings. The summed E-state index contributed by atoms with van der Waals surface area (Å²) in [5, 5.41) is 6.80. The molecule has 0 radical (unpaired) electrons. The fraction of sp³-hybridized carbons (Fsp3) is 0.393.